The third-order valence-electron chi connectivity index (χ3n) is 5.14. The standard InChI is InChI=1S/C23H19F4N5O2/c1-12-3-4-17(16(24)7-12)31-22(34)28-10-14-5-6-32(11-14)20-9-19-18(8-15(20)23(25,26)27)30-21(33)13(2)29-19/h3-9,11H,10H2,1-2H3,(H,30,33)(H2,28,31,34). The second-order valence-electron chi connectivity index (χ2n) is 7.75. The lowest BCUT2D eigenvalue weighted by molar-refractivity contribution is -0.137. The molecular formula is C23H19F4N5O2. The molecule has 0 aliphatic heterocycles. The van der Waals surface area contributed by atoms with Crippen LogP contribution in [0.3, 0.4) is 0 Å². The first-order chi connectivity index (χ1) is 16.0. The Morgan fingerprint density at radius 1 is 1.15 bits per heavy atom. The first-order valence-corrected chi connectivity index (χ1v) is 10.1. The van der Waals surface area contributed by atoms with Gasteiger partial charge in [0.25, 0.3) is 5.56 Å². The monoisotopic (exact) mass is 473 g/mol. The smallest absolute Gasteiger partial charge is 0.334 e. The Balaban J connectivity index is 1.57. The first-order valence-electron chi connectivity index (χ1n) is 10.1. The minimum Gasteiger partial charge on any atom is -0.334 e. The van der Waals surface area contributed by atoms with Gasteiger partial charge in [-0.3, -0.25) is 4.79 Å². The molecule has 2 aromatic heterocycles. The van der Waals surface area contributed by atoms with Crippen molar-refractivity contribution >= 4 is 22.8 Å². The van der Waals surface area contributed by atoms with Crippen molar-refractivity contribution in [3.63, 3.8) is 0 Å². The van der Waals surface area contributed by atoms with E-state index in [1.807, 2.05) is 0 Å². The average Bonchev–Trinajstić information content (AvgIpc) is 3.23. The van der Waals surface area contributed by atoms with Gasteiger partial charge in [-0.25, -0.2) is 14.2 Å². The summed E-state index contributed by atoms with van der Waals surface area (Å²) in [5, 5.41) is 4.93. The molecule has 11 heteroatoms. The lowest BCUT2D eigenvalue weighted by Crippen LogP contribution is -2.28. The fourth-order valence-corrected chi connectivity index (χ4v) is 3.42. The quantitative estimate of drug-likeness (QED) is 0.372. The summed E-state index contributed by atoms with van der Waals surface area (Å²) in [4.78, 5) is 30.4. The van der Waals surface area contributed by atoms with E-state index in [2.05, 4.69) is 20.6 Å². The van der Waals surface area contributed by atoms with E-state index in [-0.39, 0.29) is 34.6 Å². The second kappa shape index (κ2) is 8.65. The predicted octanol–water partition coefficient (Wildman–Crippen LogP) is 4.81. The number of nitrogens with one attached hydrogen (secondary N) is 3. The Hall–Kier alpha value is -4.15. The van der Waals surface area contributed by atoms with Gasteiger partial charge in [0.1, 0.15) is 11.5 Å². The molecule has 0 unspecified atom stereocenters. The van der Waals surface area contributed by atoms with Gasteiger partial charge < -0.3 is 20.2 Å². The number of H-pyrrole nitrogens is 1. The van der Waals surface area contributed by atoms with Gasteiger partial charge in [-0.1, -0.05) is 6.07 Å². The van der Waals surface area contributed by atoms with Crippen molar-refractivity contribution in [1.29, 1.82) is 0 Å². The van der Waals surface area contributed by atoms with Crippen LogP contribution in [0, 0.1) is 19.7 Å². The van der Waals surface area contributed by atoms with Gasteiger partial charge in [0.2, 0.25) is 0 Å². The summed E-state index contributed by atoms with van der Waals surface area (Å²) in [5.41, 5.74) is -0.175. The number of halogens is 4. The van der Waals surface area contributed by atoms with Gasteiger partial charge in [0.05, 0.1) is 28.0 Å². The first kappa shape index (κ1) is 23.0. The minimum atomic E-state index is -4.69. The molecule has 3 N–H and O–H groups in total. The molecular weight excluding hydrogens is 454 g/mol. The summed E-state index contributed by atoms with van der Waals surface area (Å²) in [7, 11) is 0. The number of rotatable bonds is 4. The lowest BCUT2D eigenvalue weighted by Gasteiger charge is -2.15. The Labute approximate surface area is 190 Å². The highest BCUT2D eigenvalue weighted by Gasteiger charge is 2.34. The number of carbonyl (C=O) groups is 1. The van der Waals surface area contributed by atoms with Crippen LogP contribution < -0.4 is 16.2 Å². The van der Waals surface area contributed by atoms with Crippen molar-refractivity contribution in [2.75, 3.05) is 5.32 Å². The molecule has 0 aliphatic carbocycles. The van der Waals surface area contributed by atoms with Crippen molar-refractivity contribution in [1.82, 2.24) is 19.9 Å². The van der Waals surface area contributed by atoms with Crippen LogP contribution in [0.4, 0.5) is 28.0 Å². The fraction of sp³-hybridized carbons (Fsp3) is 0.174. The van der Waals surface area contributed by atoms with Crippen LogP contribution in [0.1, 0.15) is 22.4 Å². The number of nitrogens with zero attached hydrogens (tertiary/aromatic N) is 2. The Bertz CT molecular complexity index is 1460. The Morgan fingerprint density at radius 2 is 1.91 bits per heavy atom. The molecule has 0 bridgehead atoms. The van der Waals surface area contributed by atoms with Gasteiger partial charge in [-0.05, 0) is 55.3 Å². The zero-order valence-electron chi connectivity index (χ0n) is 18.0. The van der Waals surface area contributed by atoms with E-state index in [0.29, 0.717) is 11.1 Å². The molecule has 0 aliphatic rings. The van der Waals surface area contributed by atoms with Crippen LogP contribution in [-0.4, -0.2) is 20.6 Å². The lowest BCUT2D eigenvalue weighted by atomic mass is 10.1. The number of urea groups is 1. The highest BCUT2D eigenvalue weighted by Crippen LogP contribution is 2.36. The summed E-state index contributed by atoms with van der Waals surface area (Å²) in [6.07, 6.45) is -1.84. The number of anilines is 1. The SMILES string of the molecule is Cc1ccc(NC(=O)NCc2ccn(-c3cc4nc(C)c(=O)[nH]c4cc3C(F)(F)F)c2)c(F)c1. The molecule has 2 heterocycles. The van der Waals surface area contributed by atoms with Crippen molar-refractivity contribution in [3.8, 4) is 5.69 Å². The van der Waals surface area contributed by atoms with Crippen LogP contribution in [0.5, 0.6) is 0 Å². The van der Waals surface area contributed by atoms with Gasteiger partial charge in [-0.2, -0.15) is 13.2 Å². The summed E-state index contributed by atoms with van der Waals surface area (Å²) < 4.78 is 56.4. The normalized spacial score (nSPS) is 11.6. The van der Waals surface area contributed by atoms with Gasteiger partial charge in [-0.15, -0.1) is 0 Å². The summed E-state index contributed by atoms with van der Waals surface area (Å²) in [6.45, 7) is 3.17. The molecule has 34 heavy (non-hydrogen) atoms. The fourth-order valence-electron chi connectivity index (χ4n) is 3.42. The number of alkyl halides is 3. The second-order valence-corrected chi connectivity index (χ2v) is 7.75. The van der Waals surface area contributed by atoms with Gasteiger partial charge >= 0.3 is 12.2 Å². The van der Waals surface area contributed by atoms with Crippen molar-refractivity contribution < 1.29 is 22.4 Å². The van der Waals surface area contributed by atoms with Crippen LogP contribution >= 0.6 is 0 Å². The summed E-state index contributed by atoms with van der Waals surface area (Å²) >= 11 is 0. The molecule has 4 rings (SSSR count). The van der Waals surface area contributed by atoms with Gasteiger partial charge in [0, 0.05) is 18.9 Å². The molecule has 0 saturated heterocycles. The van der Waals surface area contributed by atoms with Crippen LogP contribution in [-0.2, 0) is 12.7 Å². The number of hydrogen-bond acceptors (Lipinski definition) is 3. The molecule has 0 radical (unpaired) electrons. The summed E-state index contributed by atoms with van der Waals surface area (Å²) in [6, 6.07) is 7.33. The van der Waals surface area contributed by atoms with E-state index in [4.69, 9.17) is 0 Å². The molecule has 0 spiro atoms. The number of hydrogen-bond donors (Lipinski definition) is 3. The molecule has 176 valence electrons. The topological polar surface area (TPSA) is 91.8 Å². The third kappa shape index (κ3) is 4.77. The maximum absolute atomic E-state index is 13.9. The summed E-state index contributed by atoms with van der Waals surface area (Å²) in [5.74, 6) is -0.581. The van der Waals surface area contributed by atoms with E-state index in [1.54, 1.807) is 19.1 Å². The van der Waals surface area contributed by atoms with Crippen LogP contribution in [0.15, 0.2) is 53.6 Å². The molecule has 4 aromatic rings. The zero-order chi connectivity index (χ0) is 24.6. The maximum Gasteiger partial charge on any atom is 0.418 e. The Morgan fingerprint density at radius 3 is 2.62 bits per heavy atom. The number of fused-ring (bicyclic) bond motifs is 1. The van der Waals surface area contributed by atoms with E-state index >= 15 is 0 Å². The highest BCUT2D eigenvalue weighted by molar-refractivity contribution is 5.89. The number of benzene rings is 2. The third-order valence-corrected chi connectivity index (χ3v) is 5.14. The number of aromatic nitrogens is 3. The van der Waals surface area contributed by atoms with Crippen molar-refractivity contribution in [2.45, 2.75) is 26.6 Å². The van der Waals surface area contributed by atoms with Gasteiger partial charge in [0.15, 0.2) is 0 Å². The molecule has 0 saturated carbocycles. The molecule has 0 atom stereocenters. The minimum absolute atomic E-state index is 0.00693. The predicted molar refractivity (Wildman–Crippen MR) is 118 cm³/mol. The molecule has 2 aromatic carbocycles. The van der Waals surface area contributed by atoms with E-state index in [9.17, 15) is 27.2 Å². The van der Waals surface area contributed by atoms with E-state index < -0.39 is 29.1 Å². The number of amides is 2. The average molecular weight is 473 g/mol. The molecule has 2 amide bonds. The van der Waals surface area contributed by atoms with E-state index in [0.717, 1.165) is 6.07 Å². The largest absolute Gasteiger partial charge is 0.418 e. The van der Waals surface area contributed by atoms with Crippen LogP contribution in [0.25, 0.3) is 16.7 Å². The zero-order valence-corrected chi connectivity index (χ0v) is 18.0. The number of aryl methyl sites for hydroxylation is 2. The number of carbonyl (C=O) groups excluding carboxylic acids is 1. The molecule has 7 nitrogen and oxygen atoms in total. The maximum atomic E-state index is 13.9. The van der Waals surface area contributed by atoms with Crippen molar-refractivity contribution in [3.05, 3.63) is 87.3 Å². The highest BCUT2D eigenvalue weighted by atomic mass is 19.4. The number of aromatic amines is 1. The Kier molecular flexibility index (Phi) is 5.86. The van der Waals surface area contributed by atoms with Crippen LogP contribution in [0.2, 0.25) is 0 Å². The van der Waals surface area contributed by atoms with E-state index in [1.165, 1.54) is 42.1 Å². The molecule has 0 fully saturated rings. The van der Waals surface area contributed by atoms with Crippen molar-refractivity contribution in [2.24, 2.45) is 0 Å².